The van der Waals surface area contributed by atoms with Gasteiger partial charge >= 0.3 is 4.87 Å². The van der Waals surface area contributed by atoms with Crippen molar-refractivity contribution in [3.8, 4) is 5.88 Å². The van der Waals surface area contributed by atoms with Crippen molar-refractivity contribution in [2.75, 3.05) is 11.9 Å². The Hall–Kier alpha value is -2.53. The lowest BCUT2D eigenvalue weighted by molar-refractivity contribution is 0.448. The molecule has 0 saturated heterocycles. The standard InChI is InChI=1S/C22H24N2O2S/c1-14(20-21(25)23-22(26)27-20)16-9-11-19-17(13-16)8-10-18(24(19)2)12-15-6-4-3-5-7-15/h3-7,9,11,13-14,18,25H,8,10,12H2,1-2H3,(H,23,26). The zero-order valence-electron chi connectivity index (χ0n) is 15.6. The molecule has 5 heteroatoms. The molecule has 0 bridgehead atoms. The lowest BCUT2D eigenvalue weighted by Crippen LogP contribution is -2.37. The molecule has 2 heterocycles. The number of hydrogen-bond acceptors (Lipinski definition) is 4. The summed E-state index contributed by atoms with van der Waals surface area (Å²) >= 11 is 1.09. The fraction of sp³-hybridized carbons (Fsp3) is 0.318. The minimum absolute atomic E-state index is 0.00439. The van der Waals surface area contributed by atoms with Gasteiger partial charge in [-0.2, -0.15) is 0 Å². The number of anilines is 1. The number of aromatic amines is 1. The van der Waals surface area contributed by atoms with Crippen molar-refractivity contribution in [2.24, 2.45) is 0 Å². The first-order chi connectivity index (χ1) is 13.0. The maximum Gasteiger partial charge on any atom is 0.307 e. The summed E-state index contributed by atoms with van der Waals surface area (Å²) in [4.78, 5) is 16.9. The van der Waals surface area contributed by atoms with Gasteiger partial charge in [0.15, 0.2) is 0 Å². The number of thiazole rings is 1. The van der Waals surface area contributed by atoms with Crippen molar-refractivity contribution < 1.29 is 5.11 Å². The van der Waals surface area contributed by atoms with Gasteiger partial charge in [-0.05, 0) is 42.0 Å². The smallest absolute Gasteiger partial charge is 0.307 e. The molecule has 0 fully saturated rings. The highest BCUT2D eigenvalue weighted by Gasteiger charge is 2.25. The van der Waals surface area contributed by atoms with Gasteiger partial charge in [-0.15, -0.1) is 0 Å². The van der Waals surface area contributed by atoms with Gasteiger partial charge in [0.25, 0.3) is 0 Å². The molecule has 0 radical (unpaired) electrons. The molecule has 0 aliphatic carbocycles. The molecule has 1 aliphatic heterocycles. The van der Waals surface area contributed by atoms with Crippen molar-refractivity contribution in [3.05, 3.63) is 79.8 Å². The van der Waals surface area contributed by atoms with Crippen LogP contribution in [0.4, 0.5) is 5.69 Å². The third-order valence-corrected chi connectivity index (χ3v) is 6.70. The van der Waals surface area contributed by atoms with E-state index in [4.69, 9.17) is 0 Å². The maximum atomic E-state index is 11.5. The number of fused-ring (bicyclic) bond motifs is 1. The van der Waals surface area contributed by atoms with E-state index >= 15 is 0 Å². The number of hydrogen-bond donors (Lipinski definition) is 2. The van der Waals surface area contributed by atoms with E-state index in [0.717, 1.165) is 36.2 Å². The molecule has 4 nitrogen and oxygen atoms in total. The van der Waals surface area contributed by atoms with Gasteiger partial charge in [0, 0.05) is 24.7 Å². The average molecular weight is 381 g/mol. The number of H-pyrrole nitrogens is 1. The van der Waals surface area contributed by atoms with Crippen LogP contribution in [-0.2, 0) is 12.8 Å². The third-order valence-electron chi connectivity index (χ3n) is 5.64. The van der Waals surface area contributed by atoms with Gasteiger partial charge < -0.3 is 10.0 Å². The average Bonchev–Trinajstić information content (AvgIpc) is 3.02. The number of aromatic hydroxyl groups is 1. The summed E-state index contributed by atoms with van der Waals surface area (Å²) in [6, 6.07) is 17.7. The summed E-state index contributed by atoms with van der Waals surface area (Å²) in [6.07, 6.45) is 3.23. The highest BCUT2D eigenvalue weighted by molar-refractivity contribution is 7.09. The van der Waals surface area contributed by atoms with Crippen LogP contribution in [0.2, 0.25) is 0 Å². The highest BCUT2D eigenvalue weighted by Crippen LogP contribution is 2.37. The molecule has 27 heavy (non-hydrogen) atoms. The van der Waals surface area contributed by atoms with Gasteiger partial charge in [0.2, 0.25) is 5.88 Å². The zero-order chi connectivity index (χ0) is 19.0. The molecule has 2 unspecified atom stereocenters. The summed E-state index contributed by atoms with van der Waals surface area (Å²) in [5, 5.41) is 9.97. The summed E-state index contributed by atoms with van der Waals surface area (Å²) in [5.74, 6) is -0.0122. The Morgan fingerprint density at radius 1 is 1.26 bits per heavy atom. The highest BCUT2D eigenvalue weighted by atomic mass is 32.1. The molecule has 0 amide bonds. The SMILES string of the molecule is CC(c1ccc2c(c1)CCC(Cc1ccccc1)N2C)c1sc(=O)[nH]c1O. The molecular formula is C22H24N2O2S. The van der Waals surface area contributed by atoms with Gasteiger partial charge in [-0.1, -0.05) is 60.7 Å². The van der Waals surface area contributed by atoms with Crippen molar-refractivity contribution in [1.82, 2.24) is 4.98 Å². The van der Waals surface area contributed by atoms with Gasteiger partial charge in [-0.25, -0.2) is 0 Å². The first kappa shape index (κ1) is 17.9. The predicted octanol–water partition coefficient (Wildman–Crippen LogP) is 4.29. The Kier molecular flexibility index (Phi) is 4.79. The number of nitrogens with zero attached hydrogens (tertiary/aromatic N) is 1. The molecule has 2 N–H and O–H groups in total. The van der Waals surface area contributed by atoms with Crippen LogP contribution in [0.25, 0.3) is 0 Å². The Morgan fingerprint density at radius 3 is 2.74 bits per heavy atom. The fourth-order valence-corrected chi connectivity index (χ4v) is 4.84. The quantitative estimate of drug-likeness (QED) is 0.710. The summed E-state index contributed by atoms with van der Waals surface area (Å²) in [6.45, 7) is 2.03. The number of benzene rings is 2. The van der Waals surface area contributed by atoms with E-state index in [0.29, 0.717) is 10.9 Å². The van der Waals surface area contributed by atoms with Crippen LogP contribution in [-0.4, -0.2) is 23.2 Å². The Labute approximate surface area is 163 Å². The van der Waals surface area contributed by atoms with E-state index in [1.54, 1.807) is 0 Å². The maximum absolute atomic E-state index is 11.5. The minimum Gasteiger partial charge on any atom is -0.494 e. The van der Waals surface area contributed by atoms with E-state index in [9.17, 15) is 9.90 Å². The topological polar surface area (TPSA) is 56.3 Å². The lowest BCUT2D eigenvalue weighted by Gasteiger charge is -2.36. The molecule has 2 aromatic carbocycles. The Morgan fingerprint density at radius 2 is 2.04 bits per heavy atom. The van der Waals surface area contributed by atoms with Crippen molar-refractivity contribution >= 4 is 17.0 Å². The number of aromatic nitrogens is 1. The van der Waals surface area contributed by atoms with Gasteiger partial charge in [0.05, 0.1) is 4.88 Å². The largest absolute Gasteiger partial charge is 0.494 e. The second kappa shape index (κ2) is 7.24. The van der Waals surface area contributed by atoms with E-state index in [2.05, 4.69) is 65.5 Å². The van der Waals surface area contributed by atoms with Crippen LogP contribution in [0, 0.1) is 0 Å². The first-order valence-electron chi connectivity index (χ1n) is 9.34. The molecule has 3 aromatic rings. The number of aryl methyl sites for hydroxylation is 1. The monoisotopic (exact) mass is 380 g/mol. The van der Waals surface area contributed by atoms with Crippen LogP contribution < -0.4 is 9.77 Å². The van der Waals surface area contributed by atoms with E-state index in [-0.39, 0.29) is 16.7 Å². The molecule has 1 aliphatic rings. The lowest BCUT2D eigenvalue weighted by atomic mass is 9.89. The zero-order valence-corrected chi connectivity index (χ0v) is 16.4. The van der Waals surface area contributed by atoms with Gasteiger partial charge in [0.1, 0.15) is 0 Å². The molecule has 140 valence electrons. The molecule has 1 aromatic heterocycles. The molecule has 0 spiro atoms. The Balaban J connectivity index is 1.57. The van der Waals surface area contributed by atoms with E-state index < -0.39 is 0 Å². The summed E-state index contributed by atoms with van der Waals surface area (Å²) in [7, 11) is 2.18. The molecular weight excluding hydrogens is 356 g/mol. The first-order valence-corrected chi connectivity index (χ1v) is 10.2. The van der Waals surface area contributed by atoms with Crippen molar-refractivity contribution in [1.29, 1.82) is 0 Å². The van der Waals surface area contributed by atoms with Crippen molar-refractivity contribution in [3.63, 3.8) is 0 Å². The van der Waals surface area contributed by atoms with Crippen molar-refractivity contribution in [2.45, 2.75) is 38.1 Å². The second-order valence-corrected chi connectivity index (χ2v) is 8.35. The van der Waals surface area contributed by atoms with Crippen LogP contribution in [0.3, 0.4) is 0 Å². The number of rotatable bonds is 4. The third kappa shape index (κ3) is 3.52. The van der Waals surface area contributed by atoms with Crippen LogP contribution in [0.5, 0.6) is 5.88 Å². The van der Waals surface area contributed by atoms with Gasteiger partial charge in [-0.3, -0.25) is 9.78 Å². The van der Waals surface area contributed by atoms with E-state index in [1.807, 2.05) is 6.92 Å². The number of nitrogens with one attached hydrogen (secondary N) is 1. The van der Waals surface area contributed by atoms with Crippen LogP contribution >= 0.6 is 11.3 Å². The minimum atomic E-state index is -0.212. The van der Waals surface area contributed by atoms with E-state index in [1.165, 1.54) is 16.8 Å². The molecule has 2 atom stereocenters. The van der Waals surface area contributed by atoms with Crippen LogP contribution in [0.15, 0.2) is 53.3 Å². The van der Waals surface area contributed by atoms with Crippen LogP contribution in [0.1, 0.15) is 40.8 Å². The second-order valence-electron chi connectivity index (χ2n) is 7.33. The number of likely N-dealkylation sites (N-methyl/N-ethyl adjacent to an activating group) is 1. The summed E-state index contributed by atoms with van der Waals surface area (Å²) in [5.41, 5.74) is 5.13. The molecule has 0 saturated carbocycles. The molecule has 4 rings (SSSR count). The Bertz CT molecular complexity index is 993. The normalized spacial score (nSPS) is 17.6. The predicted molar refractivity (Wildman–Crippen MR) is 111 cm³/mol. The summed E-state index contributed by atoms with van der Waals surface area (Å²) < 4.78 is 0. The fourth-order valence-electron chi connectivity index (χ4n) is 4.03.